The first-order chi connectivity index (χ1) is 9.81. The molecule has 2 fully saturated rings. The predicted molar refractivity (Wildman–Crippen MR) is 95.4 cm³/mol. The van der Waals surface area contributed by atoms with Gasteiger partial charge < -0.3 is 12.0 Å². The van der Waals surface area contributed by atoms with E-state index in [1.807, 2.05) is 0 Å². The van der Waals surface area contributed by atoms with Gasteiger partial charge in [0.25, 0.3) is 0 Å². The maximum Gasteiger partial charge on any atom is 2.00 e. The summed E-state index contributed by atoms with van der Waals surface area (Å²) in [5, 5.41) is 0. The van der Waals surface area contributed by atoms with Crippen molar-refractivity contribution in [1.29, 1.82) is 0 Å². The Bertz CT molecular complexity index is 265. The smallest absolute Gasteiger partial charge is 0.358 e. The zero-order valence-electron chi connectivity index (χ0n) is 16.3. The van der Waals surface area contributed by atoms with Crippen molar-refractivity contribution in [1.82, 2.24) is 9.34 Å². The van der Waals surface area contributed by atoms with Crippen LogP contribution in [0.3, 0.4) is 0 Å². The van der Waals surface area contributed by atoms with Gasteiger partial charge in [-0.15, -0.1) is 0 Å². The van der Waals surface area contributed by atoms with Gasteiger partial charge in [-0.25, -0.2) is 9.34 Å². The van der Waals surface area contributed by atoms with Crippen LogP contribution >= 0.6 is 8.45 Å². The Morgan fingerprint density at radius 2 is 1.04 bits per heavy atom. The van der Waals surface area contributed by atoms with Gasteiger partial charge in [0.05, 0.1) is 0 Å². The van der Waals surface area contributed by atoms with Crippen LogP contribution in [0, 0.1) is 43.7 Å². The van der Waals surface area contributed by atoms with Crippen molar-refractivity contribution in [3.63, 3.8) is 0 Å². The third-order valence-electron chi connectivity index (χ3n) is 5.64. The first kappa shape index (κ1) is 28.4. The maximum atomic E-state index is 7.50. The van der Waals surface area contributed by atoms with Crippen molar-refractivity contribution >= 4 is 8.45 Å². The molecule has 2 aliphatic rings. The van der Waals surface area contributed by atoms with Crippen molar-refractivity contribution in [2.45, 2.75) is 34.6 Å². The molecule has 0 amide bonds. The molecule has 0 bridgehead atoms. The molecular weight excluding hydrogens is 351 g/mol. The Balaban J connectivity index is -0.000000292. The summed E-state index contributed by atoms with van der Waals surface area (Å²) in [6, 6.07) is 0. The summed E-state index contributed by atoms with van der Waals surface area (Å²) in [5.74, 6) is 4.68. The van der Waals surface area contributed by atoms with Gasteiger partial charge in [-0.05, 0) is 43.7 Å². The fraction of sp³-hybridized carbons (Fsp3) is 0.882. The predicted octanol–water partition coefficient (Wildman–Crippen LogP) is 4.33. The standard InChI is InChI=1S/C10H20.C5H13N2OP.CO.CH3.Fe/c1-6-7(2)9(4)10(5)8(6)3;1-6-4-5-7(2)9(6)8-3;1-2;;/h6-10H,1-5H3;4-5H2,1-3H3;;1H3;/q;;;-1;+2. The van der Waals surface area contributed by atoms with Crippen LogP contribution in [0.2, 0.25) is 0 Å². The molecule has 1 heterocycles. The van der Waals surface area contributed by atoms with Gasteiger partial charge in [0.2, 0.25) is 0 Å². The third kappa shape index (κ3) is 7.55. The summed E-state index contributed by atoms with van der Waals surface area (Å²) in [4.78, 5) is 0. The van der Waals surface area contributed by atoms with Crippen molar-refractivity contribution in [2.75, 3.05) is 34.3 Å². The molecule has 2 rings (SSSR count). The van der Waals surface area contributed by atoms with E-state index in [9.17, 15) is 0 Å². The number of rotatable bonds is 1. The average Bonchev–Trinajstić information content (AvgIpc) is 2.90. The molecule has 0 spiro atoms. The molecule has 1 aliphatic heterocycles. The Hall–Kier alpha value is 0.569. The zero-order valence-corrected chi connectivity index (χ0v) is 18.3. The minimum Gasteiger partial charge on any atom is -0.358 e. The molecular formula is C17H36FeN2O2P+. The summed E-state index contributed by atoms with van der Waals surface area (Å²) >= 11 is 0. The van der Waals surface area contributed by atoms with Crippen molar-refractivity contribution < 1.29 is 26.2 Å². The van der Waals surface area contributed by atoms with Crippen molar-refractivity contribution in [3.8, 4) is 0 Å². The van der Waals surface area contributed by atoms with Gasteiger partial charge in [0, 0.05) is 20.2 Å². The Morgan fingerprint density at radius 1 is 0.826 bits per heavy atom. The molecule has 0 unspecified atom stereocenters. The van der Waals surface area contributed by atoms with E-state index >= 15 is 0 Å². The van der Waals surface area contributed by atoms with Crippen molar-refractivity contribution in [3.05, 3.63) is 14.1 Å². The van der Waals surface area contributed by atoms with Crippen LogP contribution in [-0.4, -0.2) is 43.6 Å². The molecule has 0 aromatic rings. The van der Waals surface area contributed by atoms with Crippen LogP contribution in [0.25, 0.3) is 0 Å². The SMILES string of the molecule is CC1C(C)C(C)C(C)C1C.COP1N(C)CCN1C.[C-]#[O+].[CH3-].[Fe+2]. The quantitative estimate of drug-likeness (QED) is 0.291. The number of hydrogen-bond donors (Lipinski definition) is 0. The Morgan fingerprint density at radius 3 is 1.17 bits per heavy atom. The molecule has 4 nitrogen and oxygen atoms in total. The molecule has 0 N–H and O–H groups in total. The fourth-order valence-electron chi connectivity index (χ4n) is 3.39. The second-order valence-corrected chi connectivity index (χ2v) is 8.73. The first-order valence-electron chi connectivity index (χ1n) is 7.78. The van der Waals surface area contributed by atoms with Gasteiger partial charge in [-0.3, -0.25) is 0 Å². The molecule has 0 aromatic carbocycles. The van der Waals surface area contributed by atoms with Crippen LogP contribution in [-0.2, 0) is 26.2 Å². The van der Waals surface area contributed by atoms with Crippen molar-refractivity contribution in [2.24, 2.45) is 29.6 Å². The monoisotopic (exact) mass is 387 g/mol. The van der Waals surface area contributed by atoms with E-state index in [-0.39, 0.29) is 24.5 Å². The normalized spacial score (nSPS) is 34.3. The van der Waals surface area contributed by atoms with Gasteiger partial charge in [0.15, 0.2) is 8.45 Å². The van der Waals surface area contributed by atoms with E-state index in [4.69, 9.17) is 9.18 Å². The molecule has 6 heteroatoms. The summed E-state index contributed by atoms with van der Waals surface area (Å²) in [6.07, 6.45) is 0. The van der Waals surface area contributed by atoms with Crippen LogP contribution < -0.4 is 0 Å². The minimum atomic E-state index is -0.399. The first-order valence-corrected chi connectivity index (χ1v) is 8.94. The number of nitrogens with zero attached hydrogens (tertiary/aromatic N) is 2. The Kier molecular flexibility index (Phi) is 17.0. The zero-order chi connectivity index (χ0) is 16.7. The van der Waals surface area contributed by atoms with E-state index in [2.05, 4.69) is 64.7 Å². The van der Waals surface area contributed by atoms with Crippen LogP contribution in [0.5, 0.6) is 0 Å². The maximum absolute atomic E-state index is 7.50. The third-order valence-corrected chi connectivity index (χ3v) is 7.54. The molecule has 1 saturated heterocycles. The van der Waals surface area contributed by atoms with Gasteiger partial charge in [-0.1, -0.05) is 34.6 Å². The van der Waals surface area contributed by atoms with Crippen LogP contribution in [0.15, 0.2) is 0 Å². The van der Waals surface area contributed by atoms with Gasteiger partial charge in [0.1, 0.15) is 0 Å². The fourth-order valence-corrected chi connectivity index (χ4v) is 4.99. The van der Waals surface area contributed by atoms with Crippen LogP contribution in [0.4, 0.5) is 0 Å². The molecule has 0 radical (unpaired) electrons. The van der Waals surface area contributed by atoms with Gasteiger partial charge in [-0.2, -0.15) is 0 Å². The molecule has 0 atom stereocenters. The average molecular weight is 387 g/mol. The molecule has 1 saturated carbocycles. The minimum absolute atomic E-state index is 0. The second-order valence-electron chi connectivity index (χ2n) is 6.49. The molecule has 1 aliphatic carbocycles. The summed E-state index contributed by atoms with van der Waals surface area (Å²) < 4.78 is 17.2. The summed E-state index contributed by atoms with van der Waals surface area (Å²) in [5.41, 5.74) is 0. The van der Waals surface area contributed by atoms with E-state index in [1.54, 1.807) is 7.11 Å². The molecule has 23 heavy (non-hydrogen) atoms. The van der Waals surface area contributed by atoms with E-state index < -0.39 is 8.45 Å². The van der Waals surface area contributed by atoms with E-state index in [0.717, 1.165) is 42.7 Å². The molecule has 0 aromatic heterocycles. The largest absolute Gasteiger partial charge is 2.00 e. The Labute approximate surface area is 156 Å². The van der Waals surface area contributed by atoms with E-state index in [0.29, 0.717) is 0 Å². The van der Waals surface area contributed by atoms with Gasteiger partial charge >= 0.3 is 28.4 Å². The summed E-state index contributed by atoms with van der Waals surface area (Å²) in [7, 11) is 5.56. The van der Waals surface area contributed by atoms with Crippen LogP contribution in [0.1, 0.15) is 34.6 Å². The van der Waals surface area contributed by atoms with E-state index in [1.165, 1.54) is 0 Å². The number of hydrogen-bond acceptors (Lipinski definition) is 3. The molecule has 138 valence electrons. The topological polar surface area (TPSA) is 35.6 Å². The number of likely N-dealkylation sites (N-methyl/N-ethyl adjacent to an activating group) is 2. The summed E-state index contributed by atoms with van der Waals surface area (Å²) in [6.45, 7) is 18.8. The second kappa shape index (κ2) is 13.8.